The number of esters is 3. The van der Waals surface area contributed by atoms with Crippen LogP contribution in [0.15, 0.2) is 97.2 Å². The first-order valence-corrected chi connectivity index (χ1v) is 31.7. The van der Waals surface area contributed by atoms with Crippen LogP contribution < -0.4 is 0 Å². The summed E-state index contributed by atoms with van der Waals surface area (Å²) in [4.78, 5) is 38.2. The fourth-order valence-corrected chi connectivity index (χ4v) is 8.78. The summed E-state index contributed by atoms with van der Waals surface area (Å²) in [7, 11) is 0. The first-order valence-electron chi connectivity index (χ1n) is 31.7. The second-order valence-corrected chi connectivity index (χ2v) is 20.9. The van der Waals surface area contributed by atoms with Gasteiger partial charge in [0.05, 0.1) is 0 Å². The lowest BCUT2D eigenvalue weighted by Gasteiger charge is -2.18. The van der Waals surface area contributed by atoms with E-state index in [1.807, 2.05) is 0 Å². The molecule has 1 atom stereocenters. The fourth-order valence-electron chi connectivity index (χ4n) is 8.78. The van der Waals surface area contributed by atoms with Crippen LogP contribution in [0.5, 0.6) is 0 Å². The van der Waals surface area contributed by atoms with Gasteiger partial charge in [0, 0.05) is 19.3 Å². The van der Waals surface area contributed by atoms with E-state index in [9.17, 15) is 14.4 Å². The standard InChI is InChI=1S/C69H118O6/c1-4-7-10-13-16-19-22-24-26-28-30-31-32-33-34-35-36-37-39-40-42-44-47-50-53-56-59-62-68(71)74-65-66(64-73-67(70)61-58-55-52-49-46-21-18-15-12-9-6-3)75-69(72)63-60-57-54-51-48-45-43-41-38-29-27-25-23-20-17-14-11-8-5-2/h7,10,15-20,24-27,30-31,38,41,66H,4-6,8-9,11-14,21-23,28-29,32-37,39-40,42-65H2,1-3H3/b10-7-,18-15-,19-16-,20-17-,26-24-,27-25-,31-30-,41-38-. The first kappa shape index (κ1) is 71.3. The minimum atomic E-state index is -0.788. The lowest BCUT2D eigenvalue weighted by molar-refractivity contribution is -0.167. The molecule has 0 saturated carbocycles. The second kappa shape index (κ2) is 62.9. The van der Waals surface area contributed by atoms with Crippen LogP contribution in [0.3, 0.4) is 0 Å². The van der Waals surface area contributed by atoms with Crippen LogP contribution in [0.25, 0.3) is 0 Å². The van der Waals surface area contributed by atoms with Crippen molar-refractivity contribution in [3.05, 3.63) is 97.2 Å². The molecule has 430 valence electrons. The number of carbonyl (C=O) groups excluding carboxylic acids is 3. The molecule has 0 radical (unpaired) electrons. The molecule has 0 amide bonds. The van der Waals surface area contributed by atoms with Crippen LogP contribution >= 0.6 is 0 Å². The van der Waals surface area contributed by atoms with Gasteiger partial charge in [0.15, 0.2) is 6.10 Å². The maximum atomic E-state index is 12.9. The molecule has 0 aromatic heterocycles. The van der Waals surface area contributed by atoms with Crippen molar-refractivity contribution in [3.63, 3.8) is 0 Å². The van der Waals surface area contributed by atoms with E-state index in [1.165, 1.54) is 148 Å². The smallest absolute Gasteiger partial charge is 0.306 e. The van der Waals surface area contributed by atoms with Gasteiger partial charge >= 0.3 is 17.9 Å². The molecule has 0 aromatic rings. The lowest BCUT2D eigenvalue weighted by Crippen LogP contribution is -2.30. The first-order chi connectivity index (χ1) is 37.0. The molecule has 0 fully saturated rings. The molecule has 0 rings (SSSR count). The highest BCUT2D eigenvalue weighted by atomic mass is 16.6. The largest absolute Gasteiger partial charge is 0.462 e. The van der Waals surface area contributed by atoms with E-state index in [1.54, 1.807) is 0 Å². The monoisotopic (exact) mass is 1040 g/mol. The number of allylic oxidation sites excluding steroid dienone is 16. The molecule has 0 N–H and O–H groups in total. The quantitative estimate of drug-likeness (QED) is 0.0261. The molecule has 0 aliphatic rings. The van der Waals surface area contributed by atoms with E-state index < -0.39 is 6.10 Å². The highest BCUT2D eigenvalue weighted by Gasteiger charge is 2.19. The Morgan fingerprint density at radius 1 is 0.280 bits per heavy atom. The highest BCUT2D eigenvalue weighted by molar-refractivity contribution is 5.71. The van der Waals surface area contributed by atoms with Crippen molar-refractivity contribution in [1.29, 1.82) is 0 Å². The van der Waals surface area contributed by atoms with Gasteiger partial charge in [-0.25, -0.2) is 0 Å². The Morgan fingerprint density at radius 3 is 0.867 bits per heavy atom. The van der Waals surface area contributed by atoms with Gasteiger partial charge in [-0.05, 0) is 116 Å². The number of rotatable bonds is 57. The SMILES string of the molecule is CC/C=C\C/C=C\C/C=C\C/C=C\CCCCCCCCCCCCCCCCC(=O)OCC(COC(=O)CCCCCCC/C=C\CCCC)OC(=O)CCCCCCCC/C=C\C/C=C\C/C=C\CCCCC. The molecule has 0 aliphatic carbocycles. The van der Waals surface area contributed by atoms with Gasteiger partial charge in [0.1, 0.15) is 13.2 Å². The Labute approximate surface area is 464 Å². The molecule has 0 aromatic carbocycles. The number of hydrogen-bond acceptors (Lipinski definition) is 6. The van der Waals surface area contributed by atoms with E-state index >= 15 is 0 Å². The van der Waals surface area contributed by atoms with Crippen molar-refractivity contribution in [2.75, 3.05) is 13.2 Å². The summed E-state index contributed by atoms with van der Waals surface area (Å²) in [5, 5.41) is 0. The number of hydrogen-bond donors (Lipinski definition) is 0. The van der Waals surface area contributed by atoms with E-state index in [-0.39, 0.29) is 31.1 Å². The average Bonchev–Trinajstić information content (AvgIpc) is 3.41. The Kier molecular flexibility index (Phi) is 59.8. The summed E-state index contributed by atoms with van der Waals surface area (Å²) in [6.07, 6.45) is 84.1. The van der Waals surface area contributed by atoms with Gasteiger partial charge in [-0.1, -0.05) is 266 Å². The normalized spacial score (nSPS) is 12.7. The van der Waals surface area contributed by atoms with Gasteiger partial charge in [0.2, 0.25) is 0 Å². The number of unbranched alkanes of at least 4 members (excludes halogenated alkanes) is 30. The van der Waals surface area contributed by atoms with Gasteiger partial charge in [-0.15, -0.1) is 0 Å². The molecule has 1 unspecified atom stereocenters. The predicted molar refractivity (Wildman–Crippen MR) is 325 cm³/mol. The maximum absolute atomic E-state index is 12.9. The second-order valence-electron chi connectivity index (χ2n) is 20.9. The van der Waals surface area contributed by atoms with Gasteiger partial charge in [-0.3, -0.25) is 14.4 Å². The van der Waals surface area contributed by atoms with Crippen LogP contribution in [-0.2, 0) is 28.6 Å². The van der Waals surface area contributed by atoms with Crippen LogP contribution in [0, 0.1) is 0 Å². The zero-order chi connectivity index (χ0) is 54.3. The van der Waals surface area contributed by atoms with Crippen LogP contribution in [0.4, 0.5) is 0 Å². The summed E-state index contributed by atoms with van der Waals surface area (Å²) >= 11 is 0. The third kappa shape index (κ3) is 61.1. The van der Waals surface area contributed by atoms with Crippen molar-refractivity contribution in [2.45, 2.75) is 309 Å². The van der Waals surface area contributed by atoms with Crippen molar-refractivity contribution in [3.8, 4) is 0 Å². The van der Waals surface area contributed by atoms with Gasteiger partial charge in [-0.2, -0.15) is 0 Å². The molecular weight excluding hydrogens is 925 g/mol. The summed E-state index contributed by atoms with van der Waals surface area (Å²) in [6.45, 7) is 6.46. The summed E-state index contributed by atoms with van der Waals surface area (Å²) < 4.78 is 16.9. The van der Waals surface area contributed by atoms with Gasteiger partial charge < -0.3 is 14.2 Å². The maximum Gasteiger partial charge on any atom is 0.306 e. The molecular formula is C69H118O6. The molecule has 0 bridgehead atoms. The van der Waals surface area contributed by atoms with Crippen molar-refractivity contribution in [2.24, 2.45) is 0 Å². The van der Waals surface area contributed by atoms with Crippen molar-refractivity contribution < 1.29 is 28.6 Å². The van der Waals surface area contributed by atoms with Crippen LogP contribution in [0.2, 0.25) is 0 Å². The Balaban J connectivity index is 4.26. The van der Waals surface area contributed by atoms with E-state index in [2.05, 4.69) is 118 Å². The zero-order valence-electron chi connectivity index (χ0n) is 49.3. The lowest BCUT2D eigenvalue weighted by atomic mass is 10.0. The Bertz CT molecular complexity index is 1480. The zero-order valence-corrected chi connectivity index (χ0v) is 49.3. The van der Waals surface area contributed by atoms with Crippen molar-refractivity contribution in [1.82, 2.24) is 0 Å². The number of ether oxygens (including phenoxy) is 3. The molecule has 0 spiro atoms. The topological polar surface area (TPSA) is 78.9 Å². The highest BCUT2D eigenvalue weighted by Crippen LogP contribution is 2.16. The number of carbonyl (C=O) groups is 3. The summed E-state index contributed by atoms with van der Waals surface area (Å²) in [6, 6.07) is 0. The summed E-state index contributed by atoms with van der Waals surface area (Å²) in [5.41, 5.74) is 0. The minimum Gasteiger partial charge on any atom is -0.462 e. The minimum absolute atomic E-state index is 0.0846. The average molecular weight is 1040 g/mol. The third-order valence-corrected chi connectivity index (χ3v) is 13.5. The molecule has 6 heteroatoms. The Morgan fingerprint density at radius 2 is 0.533 bits per heavy atom. The van der Waals surface area contributed by atoms with Crippen LogP contribution in [0.1, 0.15) is 303 Å². The van der Waals surface area contributed by atoms with Crippen molar-refractivity contribution >= 4 is 17.9 Å². The van der Waals surface area contributed by atoms with E-state index in [0.717, 1.165) is 116 Å². The van der Waals surface area contributed by atoms with E-state index in [0.29, 0.717) is 19.3 Å². The molecule has 0 aliphatic heterocycles. The predicted octanol–water partition coefficient (Wildman–Crippen LogP) is 21.7. The molecule has 0 saturated heterocycles. The van der Waals surface area contributed by atoms with Gasteiger partial charge in [0.25, 0.3) is 0 Å². The molecule has 6 nitrogen and oxygen atoms in total. The third-order valence-electron chi connectivity index (χ3n) is 13.5. The summed E-state index contributed by atoms with van der Waals surface area (Å²) in [5.74, 6) is -0.900. The van der Waals surface area contributed by atoms with E-state index in [4.69, 9.17) is 14.2 Å². The Hall–Kier alpha value is -3.67. The fraction of sp³-hybridized carbons (Fsp3) is 0.725. The molecule has 0 heterocycles. The van der Waals surface area contributed by atoms with Crippen LogP contribution in [-0.4, -0.2) is 37.2 Å². The molecule has 75 heavy (non-hydrogen) atoms.